The van der Waals surface area contributed by atoms with Gasteiger partial charge in [-0.05, 0) is 31.4 Å². The van der Waals surface area contributed by atoms with E-state index in [1.807, 2.05) is 6.20 Å². The third kappa shape index (κ3) is 2.15. The molecule has 1 aliphatic rings. The lowest BCUT2D eigenvalue weighted by molar-refractivity contribution is 0.0845. The standard InChI is InChI=1S/C11H14BrNO/c1-8-7-13-11(6-10(8)12)9-2-4-14-5-3-9/h6-7,9H,2-5H2,1H3. The molecule has 0 amide bonds. The van der Waals surface area contributed by atoms with Gasteiger partial charge in [0, 0.05) is 35.5 Å². The maximum atomic E-state index is 5.34. The molecule has 3 heteroatoms. The summed E-state index contributed by atoms with van der Waals surface area (Å²) in [6.45, 7) is 3.81. The van der Waals surface area contributed by atoms with Crippen molar-refractivity contribution < 1.29 is 4.74 Å². The van der Waals surface area contributed by atoms with E-state index in [0.717, 1.165) is 30.5 Å². The summed E-state index contributed by atoms with van der Waals surface area (Å²) in [5.41, 5.74) is 2.39. The summed E-state index contributed by atoms with van der Waals surface area (Å²) in [4.78, 5) is 4.48. The summed E-state index contributed by atoms with van der Waals surface area (Å²) < 4.78 is 6.50. The Bertz CT molecular complexity index is 321. The predicted molar refractivity (Wildman–Crippen MR) is 59.5 cm³/mol. The predicted octanol–water partition coefficient (Wildman–Crippen LogP) is 3.05. The van der Waals surface area contributed by atoms with Crippen molar-refractivity contribution in [1.29, 1.82) is 0 Å². The van der Waals surface area contributed by atoms with Crippen LogP contribution in [0.15, 0.2) is 16.7 Å². The lowest BCUT2D eigenvalue weighted by atomic mass is 9.96. The quantitative estimate of drug-likeness (QED) is 0.770. The summed E-state index contributed by atoms with van der Waals surface area (Å²) in [6.07, 6.45) is 4.14. The molecule has 0 saturated carbocycles. The lowest BCUT2D eigenvalue weighted by Crippen LogP contribution is -2.15. The third-order valence-electron chi connectivity index (χ3n) is 2.70. The molecule has 0 bridgehead atoms. The molecule has 2 heterocycles. The fraction of sp³-hybridized carbons (Fsp3) is 0.545. The third-order valence-corrected chi connectivity index (χ3v) is 3.55. The smallest absolute Gasteiger partial charge is 0.0472 e. The van der Waals surface area contributed by atoms with Crippen LogP contribution in [-0.4, -0.2) is 18.2 Å². The Morgan fingerprint density at radius 2 is 2.14 bits per heavy atom. The van der Waals surface area contributed by atoms with Gasteiger partial charge < -0.3 is 4.74 Å². The Morgan fingerprint density at radius 1 is 1.43 bits per heavy atom. The number of halogens is 1. The van der Waals surface area contributed by atoms with E-state index in [0.29, 0.717) is 5.92 Å². The summed E-state index contributed by atoms with van der Waals surface area (Å²) >= 11 is 3.54. The average molecular weight is 256 g/mol. The first kappa shape index (κ1) is 10.1. The first-order valence-electron chi connectivity index (χ1n) is 4.97. The van der Waals surface area contributed by atoms with E-state index in [9.17, 15) is 0 Å². The molecule has 0 aliphatic carbocycles. The van der Waals surface area contributed by atoms with Gasteiger partial charge in [-0.1, -0.05) is 15.9 Å². The fourth-order valence-electron chi connectivity index (χ4n) is 1.73. The van der Waals surface area contributed by atoms with Gasteiger partial charge in [0.1, 0.15) is 0 Å². The highest BCUT2D eigenvalue weighted by molar-refractivity contribution is 9.10. The van der Waals surface area contributed by atoms with Crippen molar-refractivity contribution in [2.24, 2.45) is 0 Å². The second-order valence-corrected chi connectivity index (χ2v) is 4.60. The van der Waals surface area contributed by atoms with E-state index in [1.165, 1.54) is 11.3 Å². The van der Waals surface area contributed by atoms with Crippen LogP contribution in [0.3, 0.4) is 0 Å². The average Bonchev–Trinajstić information content (AvgIpc) is 2.23. The van der Waals surface area contributed by atoms with Gasteiger partial charge >= 0.3 is 0 Å². The van der Waals surface area contributed by atoms with Gasteiger partial charge in [-0.2, -0.15) is 0 Å². The van der Waals surface area contributed by atoms with E-state index >= 15 is 0 Å². The molecule has 0 spiro atoms. The largest absolute Gasteiger partial charge is 0.381 e. The molecule has 0 N–H and O–H groups in total. The van der Waals surface area contributed by atoms with Crippen molar-refractivity contribution in [3.05, 3.63) is 28.0 Å². The maximum Gasteiger partial charge on any atom is 0.0472 e. The van der Waals surface area contributed by atoms with Crippen LogP contribution in [0.2, 0.25) is 0 Å². The van der Waals surface area contributed by atoms with Gasteiger partial charge in [-0.15, -0.1) is 0 Å². The zero-order chi connectivity index (χ0) is 9.97. The summed E-state index contributed by atoms with van der Waals surface area (Å²) in [5.74, 6) is 0.584. The molecule has 1 aliphatic heterocycles. The van der Waals surface area contributed by atoms with Crippen molar-refractivity contribution in [2.75, 3.05) is 13.2 Å². The number of hydrogen-bond donors (Lipinski definition) is 0. The molecular formula is C11H14BrNO. The van der Waals surface area contributed by atoms with Crippen LogP contribution < -0.4 is 0 Å². The highest BCUT2D eigenvalue weighted by Crippen LogP contribution is 2.27. The molecule has 14 heavy (non-hydrogen) atoms. The van der Waals surface area contributed by atoms with Crippen LogP contribution in [0.5, 0.6) is 0 Å². The Kier molecular flexibility index (Phi) is 3.19. The minimum Gasteiger partial charge on any atom is -0.381 e. The van der Waals surface area contributed by atoms with Gasteiger partial charge in [-0.25, -0.2) is 0 Å². The van der Waals surface area contributed by atoms with Crippen LogP contribution in [0.4, 0.5) is 0 Å². The molecule has 76 valence electrons. The van der Waals surface area contributed by atoms with Gasteiger partial charge in [-0.3, -0.25) is 4.98 Å². The van der Waals surface area contributed by atoms with Gasteiger partial charge in [0.15, 0.2) is 0 Å². The Labute approximate surface area is 92.8 Å². The highest BCUT2D eigenvalue weighted by Gasteiger charge is 2.17. The molecule has 1 aromatic rings. The topological polar surface area (TPSA) is 22.1 Å². The fourth-order valence-corrected chi connectivity index (χ4v) is 2.07. The summed E-state index contributed by atoms with van der Waals surface area (Å²) in [6, 6.07) is 2.14. The van der Waals surface area contributed by atoms with Crippen molar-refractivity contribution >= 4 is 15.9 Å². The van der Waals surface area contributed by atoms with E-state index in [1.54, 1.807) is 0 Å². The molecule has 0 aromatic carbocycles. The molecular weight excluding hydrogens is 242 g/mol. The normalized spacial score (nSPS) is 18.4. The molecule has 2 rings (SSSR count). The number of pyridine rings is 1. The number of aromatic nitrogens is 1. The molecule has 1 saturated heterocycles. The number of hydrogen-bond acceptors (Lipinski definition) is 2. The Morgan fingerprint density at radius 3 is 2.79 bits per heavy atom. The van der Waals surface area contributed by atoms with Crippen molar-refractivity contribution in [2.45, 2.75) is 25.7 Å². The molecule has 0 radical (unpaired) electrons. The molecule has 0 atom stereocenters. The number of nitrogens with zero attached hydrogens (tertiary/aromatic N) is 1. The van der Waals surface area contributed by atoms with E-state index in [2.05, 4.69) is 33.9 Å². The second kappa shape index (κ2) is 4.41. The van der Waals surface area contributed by atoms with Crippen molar-refractivity contribution in [3.8, 4) is 0 Å². The number of aryl methyl sites for hydroxylation is 1. The zero-order valence-electron chi connectivity index (χ0n) is 8.29. The number of rotatable bonds is 1. The van der Waals surface area contributed by atoms with Crippen LogP contribution >= 0.6 is 15.9 Å². The zero-order valence-corrected chi connectivity index (χ0v) is 9.88. The molecule has 1 aromatic heterocycles. The van der Waals surface area contributed by atoms with Crippen LogP contribution in [-0.2, 0) is 4.74 Å². The summed E-state index contributed by atoms with van der Waals surface area (Å²) in [7, 11) is 0. The number of ether oxygens (including phenoxy) is 1. The summed E-state index contributed by atoms with van der Waals surface area (Å²) in [5, 5.41) is 0. The molecule has 0 unspecified atom stereocenters. The van der Waals surface area contributed by atoms with Crippen LogP contribution in [0.25, 0.3) is 0 Å². The van der Waals surface area contributed by atoms with Crippen molar-refractivity contribution in [1.82, 2.24) is 4.98 Å². The van der Waals surface area contributed by atoms with Crippen molar-refractivity contribution in [3.63, 3.8) is 0 Å². The van der Waals surface area contributed by atoms with Crippen LogP contribution in [0, 0.1) is 6.92 Å². The van der Waals surface area contributed by atoms with E-state index in [-0.39, 0.29) is 0 Å². The maximum absolute atomic E-state index is 5.34. The monoisotopic (exact) mass is 255 g/mol. The van der Waals surface area contributed by atoms with Gasteiger partial charge in [0.2, 0.25) is 0 Å². The van der Waals surface area contributed by atoms with E-state index < -0.39 is 0 Å². The molecule has 1 fully saturated rings. The first-order valence-corrected chi connectivity index (χ1v) is 5.76. The SMILES string of the molecule is Cc1cnc(C2CCOCC2)cc1Br. The van der Waals surface area contributed by atoms with Gasteiger partial charge in [0.05, 0.1) is 0 Å². The Balaban J connectivity index is 2.18. The minimum atomic E-state index is 0.584. The van der Waals surface area contributed by atoms with Gasteiger partial charge in [0.25, 0.3) is 0 Å². The minimum absolute atomic E-state index is 0.584. The second-order valence-electron chi connectivity index (χ2n) is 3.74. The Hall–Kier alpha value is -0.410. The first-order chi connectivity index (χ1) is 6.77. The molecule has 2 nitrogen and oxygen atoms in total. The van der Waals surface area contributed by atoms with Crippen LogP contribution in [0.1, 0.15) is 30.0 Å². The van der Waals surface area contributed by atoms with E-state index in [4.69, 9.17) is 4.74 Å². The highest BCUT2D eigenvalue weighted by atomic mass is 79.9. The lowest BCUT2D eigenvalue weighted by Gasteiger charge is -2.21.